The molecule has 2 rings (SSSR count). The maximum atomic E-state index is 12.1. The van der Waals surface area contributed by atoms with Crippen molar-refractivity contribution in [2.45, 2.75) is 19.3 Å². The van der Waals surface area contributed by atoms with E-state index in [1.807, 2.05) is 0 Å². The zero-order valence-electron chi connectivity index (χ0n) is 13.2. The SMILES string of the molecule is O=C(CC/C(CC(=O)c1ccc(Cl)cc1)=N/O)Nc1cccc(Cl)c1. The Labute approximate surface area is 155 Å². The summed E-state index contributed by atoms with van der Waals surface area (Å²) in [6.07, 6.45) is 0.185. The van der Waals surface area contributed by atoms with Gasteiger partial charge in [0.15, 0.2) is 5.78 Å². The summed E-state index contributed by atoms with van der Waals surface area (Å²) in [4.78, 5) is 24.1. The number of Topliss-reactive ketones (excluding diaryl/α,β-unsaturated/α-hetero) is 1. The van der Waals surface area contributed by atoms with Crippen molar-refractivity contribution in [2.75, 3.05) is 5.32 Å². The van der Waals surface area contributed by atoms with Gasteiger partial charge in [-0.25, -0.2) is 0 Å². The number of carbonyl (C=O) groups is 2. The molecule has 25 heavy (non-hydrogen) atoms. The Balaban J connectivity index is 1.86. The molecule has 0 radical (unpaired) electrons. The molecule has 0 saturated heterocycles. The molecule has 5 nitrogen and oxygen atoms in total. The standard InChI is InChI=1S/C18H16Cl2N2O3/c19-13-6-4-12(5-7-13)17(23)11-16(22-25)8-9-18(24)21-15-3-1-2-14(20)10-15/h1-7,10,25H,8-9,11H2,(H,21,24)/b22-16-. The molecule has 130 valence electrons. The number of anilines is 1. The molecule has 0 aliphatic carbocycles. The van der Waals surface area contributed by atoms with Crippen molar-refractivity contribution in [3.63, 3.8) is 0 Å². The van der Waals surface area contributed by atoms with Crippen molar-refractivity contribution in [3.05, 3.63) is 64.1 Å². The first-order valence-electron chi connectivity index (χ1n) is 7.52. The van der Waals surface area contributed by atoms with E-state index < -0.39 is 0 Å². The lowest BCUT2D eigenvalue weighted by Crippen LogP contribution is -2.15. The zero-order chi connectivity index (χ0) is 18.2. The highest BCUT2D eigenvalue weighted by Crippen LogP contribution is 2.16. The van der Waals surface area contributed by atoms with Crippen LogP contribution in [0, 0.1) is 0 Å². The van der Waals surface area contributed by atoms with Crippen molar-refractivity contribution in [1.29, 1.82) is 0 Å². The quantitative estimate of drug-likeness (QED) is 0.313. The van der Waals surface area contributed by atoms with E-state index in [2.05, 4.69) is 10.5 Å². The van der Waals surface area contributed by atoms with Crippen molar-refractivity contribution in [1.82, 2.24) is 0 Å². The number of oxime groups is 1. The Morgan fingerprint density at radius 2 is 1.72 bits per heavy atom. The number of carbonyl (C=O) groups excluding carboxylic acids is 2. The number of benzene rings is 2. The van der Waals surface area contributed by atoms with Gasteiger partial charge < -0.3 is 10.5 Å². The molecule has 0 bridgehead atoms. The molecule has 0 aromatic heterocycles. The van der Waals surface area contributed by atoms with Gasteiger partial charge in [-0.05, 0) is 48.9 Å². The normalized spacial score (nSPS) is 11.2. The smallest absolute Gasteiger partial charge is 0.224 e. The summed E-state index contributed by atoms with van der Waals surface area (Å²) >= 11 is 11.6. The zero-order valence-corrected chi connectivity index (χ0v) is 14.7. The van der Waals surface area contributed by atoms with Crippen molar-refractivity contribution in [2.24, 2.45) is 5.16 Å². The summed E-state index contributed by atoms with van der Waals surface area (Å²) in [5.41, 5.74) is 1.28. The third-order valence-corrected chi connectivity index (χ3v) is 3.91. The fraction of sp³-hybridized carbons (Fsp3) is 0.167. The summed E-state index contributed by atoms with van der Waals surface area (Å²) < 4.78 is 0. The van der Waals surface area contributed by atoms with Gasteiger partial charge in [-0.1, -0.05) is 34.4 Å². The first kappa shape index (κ1) is 19.0. The fourth-order valence-corrected chi connectivity index (χ4v) is 2.46. The molecule has 0 unspecified atom stereocenters. The van der Waals surface area contributed by atoms with Crippen LogP contribution in [-0.4, -0.2) is 22.6 Å². The summed E-state index contributed by atoms with van der Waals surface area (Å²) in [5.74, 6) is -0.470. The number of rotatable bonds is 7. The monoisotopic (exact) mass is 378 g/mol. The van der Waals surface area contributed by atoms with Gasteiger partial charge >= 0.3 is 0 Å². The maximum absolute atomic E-state index is 12.1. The van der Waals surface area contributed by atoms with Gasteiger partial charge in [0, 0.05) is 27.7 Å². The van der Waals surface area contributed by atoms with Gasteiger partial charge in [0.05, 0.1) is 12.1 Å². The molecule has 2 aromatic rings. The number of hydrogen-bond acceptors (Lipinski definition) is 4. The summed E-state index contributed by atoms with van der Waals surface area (Å²) in [6.45, 7) is 0. The van der Waals surface area contributed by atoms with E-state index in [1.165, 1.54) is 0 Å². The average molecular weight is 379 g/mol. The second-order valence-electron chi connectivity index (χ2n) is 5.33. The highest BCUT2D eigenvalue weighted by atomic mass is 35.5. The lowest BCUT2D eigenvalue weighted by Gasteiger charge is -2.07. The van der Waals surface area contributed by atoms with Crippen molar-refractivity contribution in [3.8, 4) is 0 Å². The van der Waals surface area contributed by atoms with Crippen LogP contribution >= 0.6 is 23.2 Å². The van der Waals surface area contributed by atoms with Crippen LogP contribution in [0.4, 0.5) is 5.69 Å². The van der Waals surface area contributed by atoms with E-state index in [-0.39, 0.29) is 36.7 Å². The van der Waals surface area contributed by atoms with E-state index in [4.69, 9.17) is 28.4 Å². The first-order chi connectivity index (χ1) is 12.0. The van der Waals surface area contributed by atoms with Crippen LogP contribution < -0.4 is 5.32 Å². The van der Waals surface area contributed by atoms with Gasteiger partial charge in [-0.3, -0.25) is 9.59 Å². The minimum Gasteiger partial charge on any atom is -0.411 e. The number of halogens is 2. The molecule has 7 heteroatoms. The minimum absolute atomic E-state index is 0.0669. The Morgan fingerprint density at radius 3 is 2.36 bits per heavy atom. The molecule has 0 saturated carbocycles. The molecule has 0 aliphatic heterocycles. The van der Waals surface area contributed by atoms with E-state index in [0.29, 0.717) is 21.3 Å². The van der Waals surface area contributed by atoms with Crippen molar-refractivity contribution >= 4 is 46.3 Å². The maximum Gasteiger partial charge on any atom is 0.224 e. The Kier molecular flexibility index (Phi) is 6.98. The summed E-state index contributed by atoms with van der Waals surface area (Å²) in [7, 11) is 0. The lowest BCUT2D eigenvalue weighted by molar-refractivity contribution is -0.116. The second-order valence-corrected chi connectivity index (χ2v) is 6.20. The Hall–Kier alpha value is -2.37. The fourth-order valence-electron chi connectivity index (χ4n) is 2.14. The van der Waals surface area contributed by atoms with Gasteiger partial charge in [0.2, 0.25) is 5.91 Å². The minimum atomic E-state index is -0.262. The van der Waals surface area contributed by atoms with Gasteiger partial charge in [-0.2, -0.15) is 0 Å². The number of hydrogen-bond donors (Lipinski definition) is 2. The van der Waals surface area contributed by atoms with Crippen LogP contribution in [0.25, 0.3) is 0 Å². The van der Waals surface area contributed by atoms with Crippen LogP contribution in [0.3, 0.4) is 0 Å². The van der Waals surface area contributed by atoms with E-state index >= 15 is 0 Å². The molecule has 1 amide bonds. The molecule has 0 fully saturated rings. The molecule has 2 aromatic carbocycles. The molecule has 0 spiro atoms. The van der Waals surface area contributed by atoms with Crippen LogP contribution in [0.1, 0.15) is 29.6 Å². The molecular weight excluding hydrogens is 363 g/mol. The highest BCUT2D eigenvalue weighted by molar-refractivity contribution is 6.31. The molecule has 0 heterocycles. The van der Waals surface area contributed by atoms with E-state index in [9.17, 15) is 9.59 Å². The third-order valence-electron chi connectivity index (χ3n) is 3.42. The summed E-state index contributed by atoms with van der Waals surface area (Å²) in [6, 6.07) is 13.2. The van der Waals surface area contributed by atoms with Crippen LogP contribution in [0.2, 0.25) is 10.0 Å². The van der Waals surface area contributed by atoms with E-state index in [1.54, 1.807) is 48.5 Å². The summed E-state index contributed by atoms with van der Waals surface area (Å²) in [5, 5.41) is 15.9. The van der Waals surface area contributed by atoms with Crippen molar-refractivity contribution < 1.29 is 14.8 Å². The van der Waals surface area contributed by atoms with Crippen LogP contribution in [-0.2, 0) is 4.79 Å². The number of ketones is 1. The number of amides is 1. The first-order valence-corrected chi connectivity index (χ1v) is 8.27. The second kappa shape index (κ2) is 9.20. The predicted octanol–water partition coefficient (Wildman–Crippen LogP) is 4.82. The van der Waals surface area contributed by atoms with Gasteiger partial charge in [-0.15, -0.1) is 0 Å². The molecule has 0 aliphatic rings. The molecule has 2 N–H and O–H groups in total. The van der Waals surface area contributed by atoms with Gasteiger partial charge in [0.1, 0.15) is 0 Å². The Bertz CT molecular complexity index is 789. The number of nitrogens with zero attached hydrogens (tertiary/aromatic N) is 1. The van der Waals surface area contributed by atoms with Gasteiger partial charge in [0.25, 0.3) is 0 Å². The third kappa shape index (κ3) is 6.21. The predicted molar refractivity (Wildman–Crippen MR) is 98.9 cm³/mol. The number of nitrogens with one attached hydrogen (secondary N) is 1. The largest absolute Gasteiger partial charge is 0.411 e. The Morgan fingerprint density at radius 1 is 1.00 bits per heavy atom. The van der Waals surface area contributed by atoms with Crippen LogP contribution in [0.5, 0.6) is 0 Å². The molecular formula is C18H16Cl2N2O3. The molecule has 0 atom stereocenters. The van der Waals surface area contributed by atoms with Crippen LogP contribution in [0.15, 0.2) is 53.7 Å². The average Bonchev–Trinajstić information content (AvgIpc) is 2.59. The lowest BCUT2D eigenvalue weighted by atomic mass is 10.0. The highest BCUT2D eigenvalue weighted by Gasteiger charge is 2.13. The topological polar surface area (TPSA) is 78.8 Å². The van der Waals surface area contributed by atoms with E-state index in [0.717, 1.165) is 0 Å².